The molecule has 0 aliphatic rings. The Labute approximate surface area is 43.1 Å². The molecule has 0 atom stereocenters. The second-order valence-electron chi connectivity index (χ2n) is 0.936. The SMILES string of the molecule is C=CN(N)/N=C\C. The fraction of sp³-hybridized carbons (Fsp3) is 0.250. The summed E-state index contributed by atoms with van der Waals surface area (Å²) < 4.78 is 0. The Bertz CT molecular complexity index is 77.0. The second-order valence-corrected chi connectivity index (χ2v) is 0.936. The average Bonchev–Trinajstić information content (AvgIpc) is 1.68. The van der Waals surface area contributed by atoms with Crippen LogP contribution < -0.4 is 5.84 Å². The van der Waals surface area contributed by atoms with Gasteiger partial charge in [0.2, 0.25) is 0 Å². The van der Waals surface area contributed by atoms with E-state index in [-0.39, 0.29) is 0 Å². The Hall–Kier alpha value is -0.830. The zero-order valence-electron chi connectivity index (χ0n) is 4.33. The highest BCUT2D eigenvalue weighted by atomic mass is 15.6. The Morgan fingerprint density at radius 2 is 2.43 bits per heavy atom. The van der Waals surface area contributed by atoms with Gasteiger partial charge in [-0.1, -0.05) is 6.58 Å². The van der Waals surface area contributed by atoms with Gasteiger partial charge in [0.25, 0.3) is 0 Å². The number of hydrogen-bond donors (Lipinski definition) is 1. The van der Waals surface area contributed by atoms with Crippen LogP contribution in [0.2, 0.25) is 0 Å². The van der Waals surface area contributed by atoms with E-state index in [1.165, 1.54) is 6.20 Å². The predicted molar refractivity (Wildman–Crippen MR) is 30.4 cm³/mol. The predicted octanol–water partition coefficient (Wildman–Crippen LogP) is 0.311. The molecule has 0 bridgehead atoms. The van der Waals surface area contributed by atoms with Crippen molar-refractivity contribution in [3.63, 3.8) is 0 Å². The Morgan fingerprint density at radius 3 is 2.57 bits per heavy atom. The van der Waals surface area contributed by atoms with Crippen molar-refractivity contribution in [3.8, 4) is 0 Å². The van der Waals surface area contributed by atoms with Crippen LogP contribution in [-0.4, -0.2) is 11.3 Å². The molecule has 0 radical (unpaired) electrons. The third kappa shape index (κ3) is 2.99. The van der Waals surface area contributed by atoms with E-state index < -0.39 is 0 Å². The smallest absolute Gasteiger partial charge is 0.0343 e. The summed E-state index contributed by atoms with van der Waals surface area (Å²) in [5.74, 6) is 5.10. The van der Waals surface area contributed by atoms with Crippen LogP contribution in [0.15, 0.2) is 17.9 Å². The Balaban J connectivity index is 3.35. The normalized spacial score (nSPS) is 9.43. The van der Waals surface area contributed by atoms with Gasteiger partial charge in [-0.2, -0.15) is 5.10 Å². The van der Waals surface area contributed by atoms with Crippen molar-refractivity contribution in [1.29, 1.82) is 0 Å². The van der Waals surface area contributed by atoms with Crippen LogP contribution in [0.1, 0.15) is 6.92 Å². The van der Waals surface area contributed by atoms with Gasteiger partial charge in [0, 0.05) is 12.4 Å². The van der Waals surface area contributed by atoms with Crippen molar-refractivity contribution in [2.45, 2.75) is 6.92 Å². The average molecular weight is 99.1 g/mol. The van der Waals surface area contributed by atoms with Crippen molar-refractivity contribution in [2.24, 2.45) is 10.9 Å². The number of nitrogens with zero attached hydrogens (tertiary/aromatic N) is 2. The molecule has 0 unspecified atom stereocenters. The molecule has 0 rings (SSSR count). The van der Waals surface area contributed by atoms with Crippen molar-refractivity contribution < 1.29 is 0 Å². The number of hydrazone groups is 1. The minimum absolute atomic E-state index is 1.14. The minimum atomic E-state index is 1.14. The molecule has 0 aromatic rings. The number of rotatable bonds is 2. The molecule has 3 nitrogen and oxygen atoms in total. The van der Waals surface area contributed by atoms with E-state index in [9.17, 15) is 0 Å². The van der Waals surface area contributed by atoms with Crippen molar-refractivity contribution in [3.05, 3.63) is 12.8 Å². The third-order valence-corrected chi connectivity index (χ3v) is 0.436. The largest absolute Gasteiger partial charge is 0.227 e. The van der Waals surface area contributed by atoms with Crippen LogP contribution in [0.5, 0.6) is 0 Å². The lowest BCUT2D eigenvalue weighted by Crippen LogP contribution is -2.16. The van der Waals surface area contributed by atoms with Gasteiger partial charge in [-0.25, -0.2) is 11.0 Å². The zero-order chi connectivity index (χ0) is 5.70. The number of hydrazine groups is 1. The molecule has 0 saturated carbocycles. The summed E-state index contributed by atoms with van der Waals surface area (Å²) in [6.07, 6.45) is 3.00. The van der Waals surface area contributed by atoms with Gasteiger partial charge in [-0.15, -0.1) is 0 Å². The molecule has 3 heteroatoms. The van der Waals surface area contributed by atoms with Crippen molar-refractivity contribution in [1.82, 2.24) is 5.12 Å². The molecule has 0 aromatic carbocycles. The molecule has 7 heavy (non-hydrogen) atoms. The summed E-state index contributed by atoms with van der Waals surface area (Å²) in [5, 5.41) is 4.75. The minimum Gasteiger partial charge on any atom is -0.227 e. The third-order valence-electron chi connectivity index (χ3n) is 0.436. The molecular formula is C4H9N3. The second kappa shape index (κ2) is 3.36. The summed E-state index contributed by atoms with van der Waals surface area (Å²) in [5.41, 5.74) is 0. The molecule has 0 fully saturated rings. The van der Waals surface area contributed by atoms with E-state index in [2.05, 4.69) is 11.7 Å². The number of nitrogens with two attached hydrogens (primary N) is 1. The van der Waals surface area contributed by atoms with E-state index in [0.717, 1.165) is 5.12 Å². The fourth-order valence-electron chi connectivity index (χ4n) is 0.180. The first-order chi connectivity index (χ1) is 3.31. The monoisotopic (exact) mass is 99.1 g/mol. The van der Waals surface area contributed by atoms with Crippen LogP contribution in [0.25, 0.3) is 0 Å². The fourth-order valence-corrected chi connectivity index (χ4v) is 0.180. The molecule has 0 heterocycles. The summed E-state index contributed by atoms with van der Waals surface area (Å²) in [6.45, 7) is 5.15. The maximum Gasteiger partial charge on any atom is 0.0343 e. The lowest BCUT2D eigenvalue weighted by molar-refractivity contribution is 0.424. The lowest BCUT2D eigenvalue weighted by atomic mass is 10.9. The first kappa shape index (κ1) is 6.17. The lowest BCUT2D eigenvalue weighted by Gasteiger charge is -2.00. The molecule has 40 valence electrons. The van der Waals surface area contributed by atoms with E-state index in [1.807, 2.05) is 0 Å². The van der Waals surface area contributed by atoms with Gasteiger partial charge in [0.1, 0.15) is 0 Å². The maximum absolute atomic E-state index is 5.10. The molecule has 0 aliphatic carbocycles. The highest BCUT2D eigenvalue weighted by Crippen LogP contribution is 1.72. The van der Waals surface area contributed by atoms with Crippen LogP contribution in [-0.2, 0) is 0 Å². The van der Waals surface area contributed by atoms with E-state index in [1.54, 1.807) is 13.1 Å². The quantitative estimate of drug-likeness (QED) is 0.307. The van der Waals surface area contributed by atoms with Gasteiger partial charge >= 0.3 is 0 Å². The molecule has 0 saturated heterocycles. The summed E-state index contributed by atoms with van der Waals surface area (Å²) in [6, 6.07) is 0. The molecule has 0 aromatic heterocycles. The van der Waals surface area contributed by atoms with E-state index in [4.69, 9.17) is 5.84 Å². The Morgan fingerprint density at radius 1 is 1.86 bits per heavy atom. The van der Waals surface area contributed by atoms with Gasteiger partial charge in [-0.3, -0.25) is 0 Å². The van der Waals surface area contributed by atoms with Crippen molar-refractivity contribution in [2.75, 3.05) is 0 Å². The van der Waals surface area contributed by atoms with E-state index >= 15 is 0 Å². The number of hydrogen-bond acceptors (Lipinski definition) is 3. The topological polar surface area (TPSA) is 41.6 Å². The maximum atomic E-state index is 5.10. The van der Waals surface area contributed by atoms with Gasteiger partial charge < -0.3 is 0 Å². The Kier molecular flexibility index (Phi) is 2.96. The molecule has 0 aliphatic heterocycles. The van der Waals surface area contributed by atoms with Crippen LogP contribution in [0.4, 0.5) is 0 Å². The zero-order valence-corrected chi connectivity index (χ0v) is 4.33. The summed E-state index contributed by atoms with van der Waals surface area (Å²) >= 11 is 0. The van der Waals surface area contributed by atoms with Gasteiger partial charge in [0.05, 0.1) is 0 Å². The van der Waals surface area contributed by atoms with E-state index in [0.29, 0.717) is 0 Å². The summed E-state index contributed by atoms with van der Waals surface area (Å²) in [7, 11) is 0. The molecule has 0 spiro atoms. The highest BCUT2D eigenvalue weighted by molar-refractivity contribution is 5.52. The molecular weight excluding hydrogens is 90.1 g/mol. The molecule has 2 N–H and O–H groups in total. The van der Waals surface area contributed by atoms with Gasteiger partial charge in [0.15, 0.2) is 0 Å². The van der Waals surface area contributed by atoms with Gasteiger partial charge in [-0.05, 0) is 6.92 Å². The first-order valence-corrected chi connectivity index (χ1v) is 1.96. The van der Waals surface area contributed by atoms with Crippen LogP contribution in [0, 0.1) is 0 Å². The van der Waals surface area contributed by atoms with Crippen molar-refractivity contribution >= 4 is 6.21 Å². The van der Waals surface area contributed by atoms with Crippen LogP contribution in [0.3, 0.4) is 0 Å². The standard InChI is InChI=1S/C4H9N3/c1-3-6-7(5)4-2/h3-4H,2,5H2,1H3/b6-3-. The molecule has 0 amide bonds. The first-order valence-electron chi connectivity index (χ1n) is 1.96. The van der Waals surface area contributed by atoms with Crippen LogP contribution >= 0.6 is 0 Å². The summed E-state index contributed by atoms with van der Waals surface area (Å²) in [4.78, 5) is 0. The highest BCUT2D eigenvalue weighted by Gasteiger charge is 1.72.